The number of benzene rings is 1. The van der Waals surface area contributed by atoms with E-state index in [1.165, 1.54) is 12.8 Å². The Morgan fingerprint density at radius 3 is 2.64 bits per heavy atom. The molecule has 0 spiro atoms. The molecule has 0 saturated heterocycles. The molecule has 3 N–H and O–H groups in total. The number of hydrogen-bond donors (Lipinski definition) is 2. The van der Waals surface area contributed by atoms with E-state index in [2.05, 4.69) is 10.3 Å². The molecule has 1 heterocycles. The Balaban J connectivity index is 1.46. The zero-order valence-corrected chi connectivity index (χ0v) is 12.2. The predicted octanol–water partition coefficient (Wildman–Crippen LogP) is 2.65. The fourth-order valence-corrected chi connectivity index (χ4v) is 4.03. The Bertz CT molecular complexity index is 664. The Morgan fingerprint density at radius 2 is 2.00 bits per heavy atom. The predicted molar refractivity (Wildman–Crippen MR) is 82.9 cm³/mol. The molecule has 1 amide bonds. The maximum Gasteiger partial charge on any atom is 0.229 e. The first-order valence-corrected chi connectivity index (χ1v) is 7.78. The van der Waals surface area contributed by atoms with Crippen molar-refractivity contribution in [2.24, 2.45) is 23.5 Å². The van der Waals surface area contributed by atoms with Crippen LogP contribution < -0.4 is 11.1 Å². The summed E-state index contributed by atoms with van der Waals surface area (Å²) in [5, 5.41) is 3.01. The fourth-order valence-electron chi connectivity index (χ4n) is 4.03. The molecular weight excluding hydrogens is 278 g/mol. The molecule has 0 radical (unpaired) electrons. The number of hydrogen-bond acceptors (Lipinski definition) is 4. The quantitative estimate of drug-likeness (QED) is 0.912. The zero-order valence-electron chi connectivity index (χ0n) is 12.2. The van der Waals surface area contributed by atoms with Gasteiger partial charge in [0.2, 0.25) is 5.91 Å². The number of anilines is 1. The number of nitrogens with two attached hydrogens (primary N) is 1. The third-order valence-electron chi connectivity index (χ3n) is 5.15. The van der Waals surface area contributed by atoms with E-state index >= 15 is 0 Å². The standard InChI is InChI=1S/C17H19N3O2/c18-16-12-2-1-11(7-12)15(16)17(21)20-13-5-3-10(4-6-13)14-8-19-9-22-14/h3-6,8-9,11-12,15-16H,1-2,7,18H2,(H,20,21). The molecular formula is C17H19N3O2. The maximum absolute atomic E-state index is 12.5. The van der Waals surface area contributed by atoms with Gasteiger partial charge < -0.3 is 15.5 Å². The van der Waals surface area contributed by atoms with Crippen LogP contribution in [0, 0.1) is 17.8 Å². The van der Waals surface area contributed by atoms with E-state index in [1.807, 2.05) is 24.3 Å². The molecule has 5 nitrogen and oxygen atoms in total. The smallest absolute Gasteiger partial charge is 0.229 e. The number of carbonyl (C=O) groups is 1. The summed E-state index contributed by atoms with van der Waals surface area (Å²) in [6, 6.07) is 7.61. The molecule has 4 unspecified atom stereocenters. The van der Waals surface area contributed by atoms with Gasteiger partial charge in [-0.25, -0.2) is 4.98 Å². The van der Waals surface area contributed by atoms with Crippen LogP contribution in [0.4, 0.5) is 5.69 Å². The van der Waals surface area contributed by atoms with Crippen molar-refractivity contribution in [1.29, 1.82) is 0 Å². The molecule has 2 bridgehead atoms. The molecule has 4 rings (SSSR count). The highest BCUT2D eigenvalue weighted by atomic mass is 16.3. The third-order valence-corrected chi connectivity index (χ3v) is 5.15. The first kappa shape index (κ1) is 13.5. The second-order valence-electron chi connectivity index (χ2n) is 6.37. The fraction of sp³-hybridized carbons (Fsp3) is 0.412. The maximum atomic E-state index is 12.5. The first-order chi connectivity index (χ1) is 10.7. The molecule has 2 aromatic rings. The van der Waals surface area contributed by atoms with Crippen LogP contribution in [0.15, 0.2) is 41.3 Å². The van der Waals surface area contributed by atoms with Crippen molar-refractivity contribution in [1.82, 2.24) is 4.98 Å². The van der Waals surface area contributed by atoms with Gasteiger partial charge in [-0.1, -0.05) is 0 Å². The molecule has 2 saturated carbocycles. The van der Waals surface area contributed by atoms with Crippen LogP contribution in [0.25, 0.3) is 11.3 Å². The normalized spacial score (nSPS) is 29.7. The molecule has 4 atom stereocenters. The summed E-state index contributed by atoms with van der Waals surface area (Å²) in [4.78, 5) is 16.4. The van der Waals surface area contributed by atoms with Gasteiger partial charge in [0.05, 0.1) is 12.1 Å². The van der Waals surface area contributed by atoms with E-state index in [0.717, 1.165) is 24.1 Å². The Hall–Kier alpha value is -2.14. The summed E-state index contributed by atoms with van der Waals surface area (Å²) >= 11 is 0. The number of fused-ring (bicyclic) bond motifs is 2. The number of oxazole rings is 1. The SMILES string of the molecule is NC1C2CCC(C2)C1C(=O)Nc1ccc(-c2cnco2)cc1. The van der Waals surface area contributed by atoms with Gasteiger partial charge in [-0.3, -0.25) is 4.79 Å². The van der Waals surface area contributed by atoms with E-state index in [1.54, 1.807) is 6.20 Å². The van der Waals surface area contributed by atoms with Crippen molar-refractivity contribution < 1.29 is 9.21 Å². The molecule has 2 aliphatic carbocycles. The van der Waals surface area contributed by atoms with Crippen molar-refractivity contribution in [3.8, 4) is 11.3 Å². The number of nitrogens with zero attached hydrogens (tertiary/aromatic N) is 1. The molecule has 114 valence electrons. The van der Waals surface area contributed by atoms with Crippen LogP contribution in [0.1, 0.15) is 19.3 Å². The van der Waals surface area contributed by atoms with Crippen molar-refractivity contribution >= 4 is 11.6 Å². The van der Waals surface area contributed by atoms with Gasteiger partial charge in [0, 0.05) is 17.3 Å². The van der Waals surface area contributed by atoms with Gasteiger partial charge >= 0.3 is 0 Å². The molecule has 22 heavy (non-hydrogen) atoms. The number of nitrogens with one attached hydrogen (secondary N) is 1. The second-order valence-corrected chi connectivity index (χ2v) is 6.37. The molecule has 1 aromatic heterocycles. The topological polar surface area (TPSA) is 81.2 Å². The van der Waals surface area contributed by atoms with Crippen molar-refractivity contribution in [3.05, 3.63) is 36.9 Å². The average Bonchev–Trinajstić information content (AvgIpc) is 3.25. The molecule has 2 fully saturated rings. The monoisotopic (exact) mass is 297 g/mol. The molecule has 5 heteroatoms. The highest BCUT2D eigenvalue weighted by molar-refractivity contribution is 5.93. The molecule has 0 aliphatic heterocycles. The van der Waals surface area contributed by atoms with E-state index in [9.17, 15) is 4.79 Å². The van der Waals surface area contributed by atoms with E-state index in [4.69, 9.17) is 10.2 Å². The summed E-state index contributed by atoms with van der Waals surface area (Å²) in [7, 11) is 0. The lowest BCUT2D eigenvalue weighted by atomic mass is 9.84. The largest absolute Gasteiger partial charge is 0.444 e. The van der Waals surface area contributed by atoms with Crippen LogP contribution >= 0.6 is 0 Å². The Kier molecular flexibility index (Phi) is 3.22. The first-order valence-electron chi connectivity index (χ1n) is 7.78. The zero-order chi connectivity index (χ0) is 15.1. The van der Waals surface area contributed by atoms with Crippen molar-refractivity contribution in [3.63, 3.8) is 0 Å². The minimum atomic E-state index is -0.0345. The molecule has 2 aliphatic rings. The van der Waals surface area contributed by atoms with Crippen molar-refractivity contribution in [2.75, 3.05) is 5.32 Å². The van der Waals surface area contributed by atoms with E-state index in [0.29, 0.717) is 17.6 Å². The van der Waals surface area contributed by atoms with Gasteiger partial charge in [-0.2, -0.15) is 0 Å². The summed E-state index contributed by atoms with van der Waals surface area (Å²) in [5.74, 6) is 1.75. The van der Waals surface area contributed by atoms with Crippen LogP contribution in [0.2, 0.25) is 0 Å². The number of carbonyl (C=O) groups excluding carboxylic acids is 1. The van der Waals surface area contributed by atoms with Crippen molar-refractivity contribution in [2.45, 2.75) is 25.3 Å². The van der Waals surface area contributed by atoms with Crippen LogP contribution in [0.3, 0.4) is 0 Å². The van der Waals surface area contributed by atoms with Gasteiger partial charge in [-0.05, 0) is 55.4 Å². The lowest BCUT2D eigenvalue weighted by molar-refractivity contribution is -0.121. The van der Waals surface area contributed by atoms with Gasteiger partial charge in [-0.15, -0.1) is 0 Å². The van der Waals surface area contributed by atoms with Gasteiger partial charge in [0.25, 0.3) is 0 Å². The third kappa shape index (κ3) is 2.22. The average molecular weight is 297 g/mol. The Labute approximate surface area is 128 Å². The van der Waals surface area contributed by atoms with Gasteiger partial charge in [0.1, 0.15) is 0 Å². The van der Waals surface area contributed by atoms with E-state index in [-0.39, 0.29) is 17.9 Å². The lowest BCUT2D eigenvalue weighted by Gasteiger charge is -2.27. The minimum Gasteiger partial charge on any atom is -0.444 e. The highest BCUT2D eigenvalue weighted by Crippen LogP contribution is 2.47. The van der Waals surface area contributed by atoms with Gasteiger partial charge in [0.15, 0.2) is 12.2 Å². The summed E-state index contributed by atoms with van der Waals surface area (Å²) in [5.41, 5.74) is 7.96. The minimum absolute atomic E-state index is 0.0206. The number of amides is 1. The summed E-state index contributed by atoms with van der Waals surface area (Å²) in [6.07, 6.45) is 6.51. The highest BCUT2D eigenvalue weighted by Gasteiger charge is 2.49. The second kappa shape index (κ2) is 5.25. The van der Waals surface area contributed by atoms with E-state index < -0.39 is 0 Å². The van der Waals surface area contributed by atoms with Crippen LogP contribution in [-0.2, 0) is 4.79 Å². The number of aromatic nitrogens is 1. The molecule has 1 aromatic carbocycles. The van der Waals surface area contributed by atoms with Crippen LogP contribution in [0.5, 0.6) is 0 Å². The lowest BCUT2D eigenvalue weighted by Crippen LogP contribution is -2.42. The summed E-state index contributed by atoms with van der Waals surface area (Å²) < 4.78 is 5.25. The summed E-state index contributed by atoms with van der Waals surface area (Å²) in [6.45, 7) is 0. The number of rotatable bonds is 3. The Morgan fingerprint density at radius 1 is 1.23 bits per heavy atom. The van der Waals surface area contributed by atoms with Crippen LogP contribution in [-0.4, -0.2) is 16.9 Å².